The highest BCUT2D eigenvalue weighted by Crippen LogP contribution is 2.37. The lowest BCUT2D eigenvalue weighted by Gasteiger charge is -2.19. The number of phenolic OH excluding ortho intramolecular Hbond substituents is 1. The summed E-state index contributed by atoms with van der Waals surface area (Å²) in [4.78, 5) is 18.5. The van der Waals surface area contributed by atoms with E-state index in [1.807, 2.05) is 0 Å². The number of aliphatic imine (C=N–C) groups is 1. The number of methoxy groups -OCH3 is 1. The number of hydrogen-bond donors (Lipinski definition) is 1. The molecule has 2 aliphatic heterocycles. The molecule has 5 nitrogen and oxygen atoms in total. The molecule has 0 saturated carbocycles. The fourth-order valence-electron chi connectivity index (χ4n) is 2.11. The van der Waals surface area contributed by atoms with Crippen molar-refractivity contribution in [1.82, 2.24) is 4.90 Å². The van der Waals surface area contributed by atoms with Gasteiger partial charge in [-0.25, -0.2) is 0 Å². The van der Waals surface area contributed by atoms with Crippen LogP contribution in [0.2, 0.25) is 0 Å². The smallest absolute Gasteiger partial charge is 0.257 e. The van der Waals surface area contributed by atoms with Crippen molar-refractivity contribution in [3.05, 3.63) is 17.7 Å². The van der Waals surface area contributed by atoms with Crippen molar-refractivity contribution in [3.8, 4) is 11.5 Å². The van der Waals surface area contributed by atoms with E-state index >= 15 is 0 Å². The van der Waals surface area contributed by atoms with E-state index in [-0.39, 0.29) is 17.7 Å². The Kier molecular flexibility index (Phi) is 2.66. The molecule has 94 valence electrons. The summed E-state index contributed by atoms with van der Waals surface area (Å²) in [7, 11) is 1.46. The van der Waals surface area contributed by atoms with Crippen molar-refractivity contribution in [2.24, 2.45) is 4.99 Å². The standard InChI is InChI=1S/C12H12N2O3S/c1-17-11-2-8-9(3-10(11)15)13-4-7-5-18-6-14(7)12(8)16/h2-4,7,15H,5-6H2,1H3/t7-/m1/s1. The third kappa shape index (κ3) is 1.64. The zero-order valence-electron chi connectivity index (χ0n) is 9.79. The molecule has 1 N–H and O–H groups in total. The van der Waals surface area contributed by atoms with E-state index in [4.69, 9.17) is 4.74 Å². The van der Waals surface area contributed by atoms with Crippen molar-refractivity contribution in [2.45, 2.75) is 6.04 Å². The summed E-state index contributed by atoms with van der Waals surface area (Å²) in [5.74, 6) is 1.78. The summed E-state index contributed by atoms with van der Waals surface area (Å²) in [5, 5.41) is 9.72. The molecule has 2 aliphatic rings. The molecule has 1 fully saturated rings. The zero-order valence-corrected chi connectivity index (χ0v) is 10.6. The number of ether oxygens (including phenoxy) is 1. The summed E-state index contributed by atoms with van der Waals surface area (Å²) in [6, 6.07) is 3.07. The van der Waals surface area contributed by atoms with Crippen LogP contribution in [0.5, 0.6) is 11.5 Å². The van der Waals surface area contributed by atoms with E-state index in [2.05, 4.69) is 4.99 Å². The van der Waals surface area contributed by atoms with Gasteiger partial charge in [0, 0.05) is 18.0 Å². The Morgan fingerprint density at radius 2 is 2.39 bits per heavy atom. The SMILES string of the molecule is COc1cc2c(cc1O)N=C[C@@H]1CSCN1C2=O. The number of carbonyl (C=O) groups is 1. The molecule has 0 bridgehead atoms. The van der Waals surface area contributed by atoms with E-state index in [9.17, 15) is 9.90 Å². The maximum Gasteiger partial charge on any atom is 0.257 e. The predicted molar refractivity (Wildman–Crippen MR) is 70.1 cm³/mol. The molecular formula is C12H12N2O3S. The number of fused-ring (bicyclic) bond motifs is 2. The van der Waals surface area contributed by atoms with E-state index < -0.39 is 0 Å². The van der Waals surface area contributed by atoms with Crippen LogP contribution in [0.4, 0.5) is 5.69 Å². The van der Waals surface area contributed by atoms with Crippen LogP contribution in [0.1, 0.15) is 10.4 Å². The van der Waals surface area contributed by atoms with E-state index in [0.717, 1.165) is 5.75 Å². The quantitative estimate of drug-likeness (QED) is 0.837. The van der Waals surface area contributed by atoms with Gasteiger partial charge >= 0.3 is 0 Å². The van der Waals surface area contributed by atoms with Crippen molar-refractivity contribution < 1.29 is 14.6 Å². The van der Waals surface area contributed by atoms with Crippen molar-refractivity contribution in [2.75, 3.05) is 18.7 Å². The molecule has 1 atom stereocenters. The molecule has 0 aliphatic carbocycles. The van der Waals surface area contributed by atoms with Gasteiger partial charge in [-0.15, -0.1) is 11.8 Å². The van der Waals surface area contributed by atoms with Gasteiger partial charge < -0.3 is 14.7 Å². The van der Waals surface area contributed by atoms with Crippen LogP contribution in [0.15, 0.2) is 17.1 Å². The van der Waals surface area contributed by atoms with Gasteiger partial charge in [0.15, 0.2) is 11.5 Å². The first kappa shape index (κ1) is 11.4. The van der Waals surface area contributed by atoms with Gasteiger partial charge in [0.2, 0.25) is 0 Å². The topological polar surface area (TPSA) is 62.1 Å². The molecule has 0 unspecified atom stereocenters. The van der Waals surface area contributed by atoms with Crippen LogP contribution in [-0.2, 0) is 0 Å². The van der Waals surface area contributed by atoms with Crippen LogP contribution in [0, 0.1) is 0 Å². The highest BCUT2D eigenvalue weighted by Gasteiger charge is 2.32. The average Bonchev–Trinajstić information content (AvgIpc) is 2.79. The maximum atomic E-state index is 12.4. The Hall–Kier alpha value is -1.69. The number of nitrogens with zero attached hydrogens (tertiary/aromatic N) is 2. The maximum absolute atomic E-state index is 12.4. The first-order valence-corrected chi connectivity index (χ1v) is 6.70. The average molecular weight is 264 g/mol. The summed E-state index contributed by atoms with van der Waals surface area (Å²) < 4.78 is 5.03. The summed E-state index contributed by atoms with van der Waals surface area (Å²) >= 11 is 1.71. The molecule has 3 rings (SSSR count). The van der Waals surface area contributed by atoms with Gasteiger partial charge in [-0.05, 0) is 6.07 Å². The monoisotopic (exact) mass is 264 g/mol. The molecule has 1 amide bonds. The highest BCUT2D eigenvalue weighted by atomic mass is 32.2. The molecule has 2 heterocycles. The molecule has 1 aromatic rings. The Morgan fingerprint density at radius 1 is 1.56 bits per heavy atom. The fourth-order valence-corrected chi connectivity index (χ4v) is 3.23. The lowest BCUT2D eigenvalue weighted by molar-refractivity contribution is 0.0784. The summed E-state index contributed by atoms with van der Waals surface area (Å²) in [6.45, 7) is 0. The predicted octanol–water partition coefficient (Wildman–Crippen LogP) is 1.63. The number of rotatable bonds is 1. The lowest BCUT2D eigenvalue weighted by atomic mass is 10.1. The molecule has 0 radical (unpaired) electrons. The Balaban J connectivity index is 2.12. The Labute approximate surface area is 108 Å². The number of hydrogen-bond acceptors (Lipinski definition) is 5. The first-order valence-electron chi connectivity index (χ1n) is 5.54. The second kappa shape index (κ2) is 4.20. The zero-order chi connectivity index (χ0) is 12.7. The summed E-state index contributed by atoms with van der Waals surface area (Å²) in [5.41, 5.74) is 0.976. The molecular weight excluding hydrogens is 252 g/mol. The molecule has 6 heteroatoms. The van der Waals surface area contributed by atoms with Crippen molar-refractivity contribution >= 4 is 29.6 Å². The van der Waals surface area contributed by atoms with Gasteiger partial charge in [-0.3, -0.25) is 9.79 Å². The lowest BCUT2D eigenvalue weighted by Crippen LogP contribution is -2.36. The van der Waals surface area contributed by atoms with Gasteiger partial charge in [0.05, 0.1) is 30.3 Å². The van der Waals surface area contributed by atoms with Crippen molar-refractivity contribution in [1.29, 1.82) is 0 Å². The third-order valence-corrected chi connectivity index (χ3v) is 4.13. The Morgan fingerprint density at radius 3 is 3.17 bits per heavy atom. The molecule has 1 saturated heterocycles. The summed E-state index contributed by atoms with van der Waals surface area (Å²) in [6.07, 6.45) is 1.77. The third-order valence-electron chi connectivity index (χ3n) is 3.09. The van der Waals surface area contributed by atoms with Crippen LogP contribution in [0.25, 0.3) is 0 Å². The minimum atomic E-state index is -0.0594. The van der Waals surface area contributed by atoms with Crippen LogP contribution < -0.4 is 4.74 Å². The van der Waals surface area contributed by atoms with Crippen LogP contribution in [-0.4, -0.2) is 46.9 Å². The van der Waals surface area contributed by atoms with Gasteiger partial charge in [0.1, 0.15) is 0 Å². The Bertz CT molecular complexity index is 544. The molecule has 0 spiro atoms. The normalized spacial score (nSPS) is 21.5. The van der Waals surface area contributed by atoms with E-state index in [1.54, 1.807) is 28.9 Å². The molecule has 18 heavy (non-hydrogen) atoms. The van der Waals surface area contributed by atoms with E-state index in [1.165, 1.54) is 13.2 Å². The highest BCUT2D eigenvalue weighted by molar-refractivity contribution is 7.99. The number of thioether (sulfide) groups is 1. The number of phenols is 1. The molecule has 1 aromatic carbocycles. The number of amides is 1. The second-order valence-electron chi connectivity index (χ2n) is 4.16. The van der Waals surface area contributed by atoms with Crippen LogP contribution in [0.3, 0.4) is 0 Å². The molecule has 0 aromatic heterocycles. The number of aromatic hydroxyl groups is 1. The van der Waals surface area contributed by atoms with Gasteiger partial charge in [-0.1, -0.05) is 0 Å². The minimum absolute atomic E-state index is 0.00219. The van der Waals surface area contributed by atoms with Crippen LogP contribution >= 0.6 is 11.8 Å². The van der Waals surface area contributed by atoms with Gasteiger partial charge in [0.25, 0.3) is 5.91 Å². The minimum Gasteiger partial charge on any atom is -0.504 e. The number of carbonyl (C=O) groups excluding carboxylic acids is 1. The van der Waals surface area contributed by atoms with E-state index in [0.29, 0.717) is 22.9 Å². The largest absolute Gasteiger partial charge is 0.504 e. The second-order valence-corrected chi connectivity index (χ2v) is 5.16. The van der Waals surface area contributed by atoms with Crippen molar-refractivity contribution in [3.63, 3.8) is 0 Å². The fraction of sp³-hybridized carbons (Fsp3) is 0.333. The first-order chi connectivity index (χ1) is 8.70. The number of benzene rings is 1. The van der Waals surface area contributed by atoms with Gasteiger partial charge in [-0.2, -0.15) is 0 Å².